The fraction of sp³-hybridized carbons (Fsp3) is 0.429. The number of carboxylic acid groups (broad SMARTS) is 1. The third kappa shape index (κ3) is 2.16. The number of sulfone groups is 1. The Morgan fingerprint density at radius 3 is 2.38 bits per heavy atom. The predicted octanol–water partition coefficient (Wildman–Crippen LogP) is 1.19. The quantitative estimate of drug-likeness (QED) is 0.876. The van der Waals surface area contributed by atoms with E-state index < -0.39 is 32.4 Å². The molecule has 6 nitrogen and oxygen atoms in total. The summed E-state index contributed by atoms with van der Waals surface area (Å²) in [5, 5.41) is 17.4. The molecule has 1 fully saturated rings. The molecular formula is C14H15NO5S. The highest BCUT2D eigenvalue weighted by Crippen LogP contribution is 2.63. The van der Waals surface area contributed by atoms with E-state index in [9.17, 15) is 23.6 Å². The lowest BCUT2D eigenvalue weighted by Crippen LogP contribution is -2.23. The summed E-state index contributed by atoms with van der Waals surface area (Å²) in [6.07, 6.45) is 0. The van der Waals surface area contributed by atoms with Crippen molar-refractivity contribution in [3.05, 3.63) is 29.8 Å². The van der Waals surface area contributed by atoms with Crippen molar-refractivity contribution >= 4 is 15.8 Å². The fourth-order valence-corrected chi connectivity index (χ4v) is 4.64. The molecule has 0 unspecified atom stereocenters. The number of nitrogens with zero attached hydrogens (tertiary/aromatic N) is 1. The van der Waals surface area contributed by atoms with Crippen molar-refractivity contribution in [3.8, 4) is 11.8 Å². The molecule has 0 aliphatic heterocycles. The zero-order valence-corrected chi connectivity index (χ0v) is 12.4. The first-order valence-corrected chi connectivity index (χ1v) is 8.06. The zero-order valence-electron chi connectivity index (χ0n) is 11.6. The van der Waals surface area contributed by atoms with Crippen LogP contribution in [0.1, 0.15) is 18.4 Å². The minimum absolute atomic E-state index is 0.193. The van der Waals surface area contributed by atoms with Crippen LogP contribution in [-0.2, 0) is 14.6 Å². The molecule has 0 bridgehead atoms. The highest BCUT2D eigenvalue weighted by molar-refractivity contribution is 7.92. The molecule has 0 aromatic heterocycles. The summed E-state index contributed by atoms with van der Waals surface area (Å²) < 4.78 is 29.2. The maximum Gasteiger partial charge on any atom is 0.326 e. The lowest BCUT2D eigenvalue weighted by molar-refractivity contribution is -0.141. The van der Waals surface area contributed by atoms with E-state index in [1.807, 2.05) is 0 Å². The number of carbonyl (C=O) groups is 1. The number of aliphatic carboxylic acids is 1. The molecule has 1 saturated carbocycles. The summed E-state index contributed by atoms with van der Waals surface area (Å²) in [5.74, 6) is -1.86. The molecule has 0 spiro atoms. The average molecular weight is 309 g/mol. The molecule has 3 atom stereocenters. The van der Waals surface area contributed by atoms with Crippen LogP contribution in [0.5, 0.6) is 5.75 Å². The summed E-state index contributed by atoms with van der Waals surface area (Å²) in [5.41, 5.74) is -1.38. The Morgan fingerprint density at radius 1 is 1.43 bits per heavy atom. The van der Waals surface area contributed by atoms with E-state index >= 15 is 0 Å². The van der Waals surface area contributed by atoms with Crippen molar-refractivity contribution < 1.29 is 23.1 Å². The smallest absolute Gasteiger partial charge is 0.326 e. The topological polar surface area (TPSA) is 104 Å². The molecule has 1 aromatic rings. The van der Waals surface area contributed by atoms with E-state index in [-0.39, 0.29) is 5.75 Å². The van der Waals surface area contributed by atoms with Crippen LogP contribution in [0, 0.1) is 16.7 Å². The highest BCUT2D eigenvalue weighted by Gasteiger charge is 2.76. The van der Waals surface area contributed by atoms with Gasteiger partial charge in [0.1, 0.15) is 11.0 Å². The maximum absolute atomic E-state index is 12.1. The van der Waals surface area contributed by atoms with E-state index in [0.29, 0.717) is 11.3 Å². The summed E-state index contributed by atoms with van der Waals surface area (Å²) in [7, 11) is -2.14. The molecule has 0 saturated heterocycles. The van der Waals surface area contributed by atoms with Gasteiger partial charge in [-0.25, -0.2) is 8.42 Å². The van der Waals surface area contributed by atoms with Gasteiger partial charge < -0.3 is 9.84 Å². The number of methoxy groups -OCH3 is 1. The van der Waals surface area contributed by atoms with Gasteiger partial charge in [0.2, 0.25) is 0 Å². The van der Waals surface area contributed by atoms with Crippen molar-refractivity contribution in [1.29, 1.82) is 5.26 Å². The molecule has 0 radical (unpaired) electrons. The fourth-order valence-electron chi connectivity index (χ4n) is 2.71. The largest absolute Gasteiger partial charge is 0.497 e. The molecule has 0 amide bonds. The second kappa shape index (κ2) is 5.04. The van der Waals surface area contributed by atoms with Gasteiger partial charge in [-0.2, -0.15) is 5.26 Å². The number of hydrogen-bond acceptors (Lipinski definition) is 5. The second-order valence-electron chi connectivity index (χ2n) is 4.91. The predicted molar refractivity (Wildman–Crippen MR) is 74.7 cm³/mol. The molecular weight excluding hydrogens is 294 g/mol. The average Bonchev–Trinajstić information content (AvgIpc) is 3.19. The van der Waals surface area contributed by atoms with Gasteiger partial charge >= 0.3 is 5.97 Å². The van der Waals surface area contributed by atoms with Crippen molar-refractivity contribution in [2.45, 2.75) is 18.1 Å². The molecule has 1 aliphatic carbocycles. The van der Waals surface area contributed by atoms with Crippen LogP contribution in [0.3, 0.4) is 0 Å². The van der Waals surface area contributed by atoms with Crippen molar-refractivity contribution in [1.82, 2.24) is 0 Å². The van der Waals surface area contributed by atoms with Crippen LogP contribution in [0.2, 0.25) is 0 Å². The number of rotatable bonds is 5. The summed E-state index contributed by atoms with van der Waals surface area (Å²) >= 11 is 0. The molecule has 2 rings (SSSR count). The first-order valence-electron chi connectivity index (χ1n) is 6.35. The first kappa shape index (κ1) is 15.3. The standard InChI is InChI=1S/C14H15NO5S/c1-3-21(18,19)12-11(14(12,8-15)13(16)17)9-4-6-10(20-2)7-5-9/h4-7,11-12H,3H2,1-2H3,(H,16,17)/t11-,12+,14-/m1/s1. The van der Waals surface area contributed by atoms with Gasteiger partial charge in [-0.3, -0.25) is 4.79 Å². The van der Waals surface area contributed by atoms with Crippen LogP contribution in [-0.4, -0.2) is 37.6 Å². The summed E-state index contributed by atoms with van der Waals surface area (Å²) in [6, 6.07) is 8.15. The summed E-state index contributed by atoms with van der Waals surface area (Å²) in [4.78, 5) is 11.5. The number of ether oxygens (including phenoxy) is 1. The van der Waals surface area contributed by atoms with Crippen LogP contribution < -0.4 is 4.74 Å². The SMILES string of the molecule is CCS(=O)(=O)[C@H]1[C@@H](c2ccc(OC)cc2)[C@@]1(C#N)C(=O)O. The summed E-state index contributed by atoms with van der Waals surface area (Å²) in [6.45, 7) is 1.45. The Bertz CT molecular complexity index is 704. The highest BCUT2D eigenvalue weighted by atomic mass is 32.2. The Labute approximate surface area is 122 Å². The van der Waals surface area contributed by atoms with Gasteiger partial charge in [0.25, 0.3) is 0 Å². The Kier molecular flexibility index (Phi) is 3.68. The van der Waals surface area contributed by atoms with Crippen molar-refractivity contribution in [2.24, 2.45) is 5.41 Å². The molecule has 112 valence electrons. The van der Waals surface area contributed by atoms with E-state index in [0.717, 1.165) is 0 Å². The third-order valence-electron chi connectivity index (χ3n) is 3.94. The minimum Gasteiger partial charge on any atom is -0.497 e. The number of nitriles is 1. The molecule has 1 aliphatic rings. The molecule has 7 heteroatoms. The van der Waals surface area contributed by atoms with E-state index in [2.05, 4.69) is 0 Å². The number of benzene rings is 1. The van der Waals surface area contributed by atoms with Crippen LogP contribution >= 0.6 is 0 Å². The van der Waals surface area contributed by atoms with Crippen LogP contribution in [0.15, 0.2) is 24.3 Å². The monoisotopic (exact) mass is 309 g/mol. The van der Waals surface area contributed by atoms with Crippen LogP contribution in [0.25, 0.3) is 0 Å². The molecule has 1 N–H and O–H groups in total. The third-order valence-corrected chi connectivity index (χ3v) is 6.16. The zero-order chi connectivity index (χ0) is 15.8. The number of carboxylic acids is 1. The van der Waals surface area contributed by atoms with E-state index in [1.165, 1.54) is 14.0 Å². The molecule has 21 heavy (non-hydrogen) atoms. The van der Waals surface area contributed by atoms with E-state index in [1.54, 1.807) is 30.3 Å². The van der Waals surface area contributed by atoms with Crippen molar-refractivity contribution in [2.75, 3.05) is 12.9 Å². The maximum atomic E-state index is 12.1. The van der Waals surface area contributed by atoms with Gasteiger partial charge in [0.15, 0.2) is 15.3 Å². The lowest BCUT2D eigenvalue weighted by atomic mass is 10.0. The first-order chi connectivity index (χ1) is 9.85. The Balaban J connectivity index is 2.50. The van der Waals surface area contributed by atoms with Gasteiger partial charge in [-0.15, -0.1) is 0 Å². The minimum atomic E-state index is -3.64. The number of hydrogen-bond donors (Lipinski definition) is 1. The molecule has 0 heterocycles. The molecule has 1 aromatic carbocycles. The Morgan fingerprint density at radius 2 is 2.00 bits per heavy atom. The van der Waals surface area contributed by atoms with Crippen molar-refractivity contribution in [3.63, 3.8) is 0 Å². The normalized spacial score (nSPS) is 27.7. The van der Waals surface area contributed by atoms with E-state index in [4.69, 9.17) is 4.74 Å². The second-order valence-corrected chi connectivity index (χ2v) is 7.32. The van der Waals surface area contributed by atoms with Gasteiger partial charge in [0.05, 0.1) is 13.2 Å². The van der Waals surface area contributed by atoms with Gasteiger partial charge in [0, 0.05) is 11.7 Å². The lowest BCUT2D eigenvalue weighted by Gasteiger charge is -2.03. The van der Waals surface area contributed by atoms with Gasteiger partial charge in [-0.05, 0) is 17.7 Å². The van der Waals surface area contributed by atoms with Gasteiger partial charge in [-0.1, -0.05) is 19.1 Å². The van der Waals surface area contributed by atoms with Crippen LogP contribution in [0.4, 0.5) is 0 Å². The Hall–Kier alpha value is -2.07.